The molecule has 19 heavy (non-hydrogen) atoms. The molecule has 104 valence electrons. The van der Waals surface area contributed by atoms with Crippen molar-refractivity contribution >= 4 is 5.97 Å². The first-order valence-electron chi connectivity index (χ1n) is 6.75. The number of piperazine rings is 1. The van der Waals surface area contributed by atoms with Gasteiger partial charge in [0, 0.05) is 45.1 Å². The molecule has 1 aliphatic rings. The van der Waals surface area contributed by atoms with E-state index in [0.717, 1.165) is 39.1 Å². The second-order valence-corrected chi connectivity index (χ2v) is 5.00. The van der Waals surface area contributed by atoms with Gasteiger partial charge in [-0.2, -0.15) is 0 Å². The molecule has 5 nitrogen and oxygen atoms in total. The van der Waals surface area contributed by atoms with Gasteiger partial charge in [-0.15, -0.1) is 0 Å². The van der Waals surface area contributed by atoms with Crippen LogP contribution in [0.25, 0.3) is 0 Å². The Bertz CT molecular complexity index is 402. The van der Waals surface area contributed by atoms with Gasteiger partial charge in [0.25, 0.3) is 0 Å². The smallest absolute Gasteiger partial charge is 0.320 e. The monoisotopic (exact) mass is 263 g/mol. The number of carboxylic acid groups (broad SMARTS) is 1. The third kappa shape index (κ3) is 4.01. The lowest BCUT2D eigenvalue weighted by Gasteiger charge is -2.36. The fourth-order valence-electron chi connectivity index (χ4n) is 2.36. The summed E-state index contributed by atoms with van der Waals surface area (Å²) >= 11 is 0. The molecule has 2 rings (SSSR count). The number of rotatable bonds is 5. The molecule has 0 spiro atoms. The SMILES string of the molecule is CC(C(=O)O)N1CCN(CCc2cccnc2)CC1. The lowest BCUT2D eigenvalue weighted by Crippen LogP contribution is -2.51. The highest BCUT2D eigenvalue weighted by Gasteiger charge is 2.24. The van der Waals surface area contributed by atoms with Gasteiger partial charge in [-0.1, -0.05) is 6.07 Å². The Morgan fingerprint density at radius 3 is 2.74 bits per heavy atom. The van der Waals surface area contributed by atoms with Crippen molar-refractivity contribution in [2.45, 2.75) is 19.4 Å². The van der Waals surface area contributed by atoms with E-state index in [-0.39, 0.29) is 6.04 Å². The van der Waals surface area contributed by atoms with Gasteiger partial charge in [-0.05, 0) is 25.0 Å². The molecule has 0 radical (unpaired) electrons. The van der Waals surface area contributed by atoms with E-state index in [0.29, 0.717) is 0 Å². The van der Waals surface area contributed by atoms with Crippen LogP contribution < -0.4 is 0 Å². The van der Waals surface area contributed by atoms with E-state index in [1.165, 1.54) is 5.56 Å². The lowest BCUT2D eigenvalue weighted by atomic mass is 10.2. The van der Waals surface area contributed by atoms with Gasteiger partial charge in [0.05, 0.1) is 0 Å². The second-order valence-electron chi connectivity index (χ2n) is 5.00. The first kappa shape index (κ1) is 14.0. The Labute approximate surface area is 113 Å². The maximum atomic E-state index is 10.9. The van der Waals surface area contributed by atoms with Crippen molar-refractivity contribution in [2.24, 2.45) is 0 Å². The molecule has 1 aromatic rings. The van der Waals surface area contributed by atoms with E-state index < -0.39 is 5.97 Å². The summed E-state index contributed by atoms with van der Waals surface area (Å²) in [7, 11) is 0. The van der Waals surface area contributed by atoms with Crippen LogP contribution in [0, 0.1) is 0 Å². The molecule has 2 heterocycles. The maximum absolute atomic E-state index is 10.9. The largest absolute Gasteiger partial charge is 0.480 e. The van der Waals surface area contributed by atoms with E-state index in [1.807, 2.05) is 17.2 Å². The number of hydrogen-bond donors (Lipinski definition) is 1. The Balaban J connectivity index is 1.73. The Kier molecular flexibility index (Phi) is 4.87. The van der Waals surface area contributed by atoms with Crippen LogP contribution in [0.5, 0.6) is 0 Å². The summed E-state index contributed by atoms with van der Waals surface area (Å²) < 4.78 is 0. The van der Waals surface area contributed by atoms with Gasteiger partial charge < -0.3 is 10.0 Å². The van der Waals surface area contributed by atoms with Crippen molar-refractivity contribution < 1.29 is 9.90 Å². The average Bonchev–Trinajstić information content (AvgIpc) is 2.46. The summed E-state index contributed by atoms with van der Waals surface area (Å²) in [4.78, 5) is 19.5. The van der Waals surface area contributed by atoms with Crippen LogP contribution in [-0.4, -0.2) is 64.6 Å². The summed E-state index contributed by atoms with van der Waals surface area (Å²) in [6, 6.07) is 3.68. The van der Waals surface area contributed by atoms with Crippen LogP contribution in [0.4, 0.5) is 0 Å². The summed E-state index contributed by atoms with van der Waals surface area (Å²) in [6.45, 7) is 6.32. The zero-order valence-electron chi connectivity index (χ0n) is 11.3. The summed E-state index contributed by atoms with van der Waals surface area (Å²) in [5, 5.41) is 8.99. The number of carbonyl (C=O) groups is 1. The standard InChI is InChI=1S/C14H21N3O2/c1-12(14(18)19)17-9-7-16(8-10-17)6-4-13-3-2-5-15-11-13/h2-3,5,11-12H,4,6-10H2,1H3,(H,18,19). The second kappa shape index (κ2) is 6.63. The molecule has 0 saturated carbocycles. The number of aliphatic carboxylic acids is 1. The highest BCUT2D eigenvalue weighted by molar-refractivity contribution is 5.72. The first-order chi connectivity index (χ1) is 9.16. The van der Waals surface area contributed by atoms with Gasteiger partial charge in [-0.25, -0.2) is 0 Å². The molecule has 1 atom stereocenters. The van der Waals surface area contributed by atoms with Crippen LogP contribution >= 0.6 is 0 Å². The van der Waals surface area contributed by atoms with Crippen molar-refractivity contribution in [3.63, 3.8) is 0 Å². The number of nitrogens with zero attached hydrogens (tertiary/aromatic N) is 3. The van der Waals surface area contributed by atoms with Crippen LogP contribution in [-0.2, 0) is 11.2 Å². The third-order valence-corrected chi connectivity index (χ3v) is 3.75. The van der Waals surface area contributed by atoms with Crippen LogP contribution in [0.15, 0.2) is 24.5 Å². The Hall–Kier alpha value is -1.46. The van der Waals surface area contributed by atoms with E-state index >= 15 is 0 Å². The van der Waals surface area contributed by atoms with Gasteiger partial charge >= 0.3 is 5.97 Å². The molecule has 0 bridgehead atoms. The third-order valence-electron chi connectivity index (χ3n) is 3.75. The average molecular weight is 263 g/mol. The summed E-state index contributed by atoms with van der Waals surface area (Å²) in [5.41, 5.74) is 1.25. The number of aromatic nitrogens is 1. The van der Waals surface area contributed by atoms with Gasteiger partial charge in [0.15, 0.2) is 0 Å². The highest BCUT2D eigenvalue weighted by atomic mass is 16.4. The van der Waals surface area contributed by atoms with E-state index in [2.05, 4.69) is 16.0 Å². The van der Waals surface area contributed by atoms with E-state index in [9.17, 15) is 4.79 Å². The molecule has 0 aliphatic carbocycles. The molecule has 5 heteroatoms. The van der Waals surface area contributed by atoms with Gasteiger partial charge in [0.2, 0.25) is 0 Å². The Morgan fingerprint density at radius 1 is 1.42 bits per heavy atom. The van der Waals surface area contributed by atoms with Crippen LogP contribution in [0.2, 0.25) is 0 Å². The molecule has 0 aromatic carbocycles. The van der Waals surface area contributed by atoms with E-state index in [1.54, 1.807) is 13.1 Å². The number of hydrogen-bond acceptors (Lipinski definition) is 4. The molecule has 1 saturated heterocycles. The molecule has 1 N–H and O–H groups in total. The minimum atomic E-state index is -0.733. The molecule has 1 fully saturated rings. The van der Waals surface area contributed by atoms with E-state index in [4.69, 9.17) is 5.11 Å². The number of pyridine rings is 1. The van der Waals surface area contributed by atoms with Gasteiger partial charge in [0.1, 0.15) is 6.04 Å². The molecular formula is C14H21N3O2. The minimum Gasteiger partial charge on any atom is -0.480 e. The van der Waals surface area contributed by atoms with Crippen molar-refractivity contribution in [1.82, 2.24) is 14.8 Å². The fourth-order valence-corrected chi connectivity index (χ4v) is 2.36. The highest BCUT2D eigenvalue weighted by Crippen LogP contribution is 2.08. The topological polar surface area (TPSA) is 56.7 Å². The maximum Gasteiger partial charge on any atom is 0.320 e. The summed E-state index contributed by atoms with van der Waals surface area (Å²) in [5.74, 6) is -0.733. The van der Waals surface area contributed by atoms with Crippen molar-refractivity contribution in [3.05, 3.63) is 30.1 Å². The van der Waals surface area contributed by atoms with Crippen LogP contribution in [0.1, 0.15) is 12.5 Å². The molecular weight excluding hydrogens is 242 g/mol. The predicted octanol–water partition coefficient (Wildman–Crippen LogP) is 0.715. The quantitative estimate of drug-likeness (QED) is 0.848. The minimum absolute atomic E-state index is 0.375. The Morgan fingerprint density at radius 2 is 2.16 bits per heavy atom. The normalized spacial score (nSPS) is 19.2. The lowest BCUT2D eigenvalue weighted by molar-refractivity contribution is -0.143. The van der Waals surface area contributed by atoms with Crippen molar-refractivity contribution in [3.8, 4) is 0 Å². The molecule has 1 aromatic heterocycles. The molecule has 0 amide bonds. The van der Waals surface area contributed by atoms with Crippen molar-refractivity contribution in [2.75, 3.05) is 32.7 Å². The van der Waals surface area contributed by atoms with Crippen LogP contribution in [0.3, 0.4) is 0 Å². The molecule has 1 aliphatic heterocycles. The number of carboxylic acids is 1. The van der Waals surface area contributed by atoms with Crippen molar-refractivity contribution in [1.29, 1.82) is 0 Å². The molecule has 1 unspecified atom stereocenters. The zero-order chi connectivity index (χ0) is 13.7. The summed E-state index contributed by atoms with van der Waals surface area (Å²) in [6.07, 6.45) is 4.70. The van der Waals surface area contributed by atoms with Gasteiger partial charge in [-0.3, -0.25) is 14.7 Å². The predicted molar refractivity (Wildman–Crippen MR) is 73.1 cm³/mol. The fraction of sp³-hybridized carbons (Fsp3) is 0.571. The zero-order valence-corrected chi connectivity index (χ0v) is 11.3. The first-order valence-corrected chi connectivity index (χ1v) is 6.75.